The van der Waals surface area contributed by atoms with Gasteiger partial charge in [-0.2, -0.15) is 15.3 Å². The molecule has 0 aromatic carbocycles. The molecule has 2 aliphatic rings. The van der Waals surface area contributed by atoms with Crippen LogP contribution in [0.2, 0.25) is 0 Å². The third kappa shape index (κ3) is 3.82. The summed E-state index contributed by atoms with van der Waals surface area (Å²) in [6.07, 6.45) is 6.44. The molecule has 30 heavy (non-hydrogen) atoms. The number of H-pyrrole nitrogens is 1. The number of aromatic amines is 1. The molecule has 1 unspecified atom stereocenters. The number of hydrogen-bond donors (Lipinski definition) is 3. The molecule has 3 atom stereocenters. The largest absolute Gasteiger partial charge is 0.351 e. The van der Waals surface area contributed by atoms with Crippen molar-refractivity contribution < 1.29 is 0 Å². The minimum absolute atomic E-state index is 0.337. The van der Waals surface area contributed by atoms with E-state index < -0.39 is 0 Å². The molecule has 0 spiro atoms. The quantitative estimate of drug-likeness (QED) is 0.551. The number of piperidine rings is 2. The molecule has 2 saturated heterocycles. The minimum atomic E-state index is 0.337. The molecule has 0 amide bonds. The second-order valence-corrected chi connectivity index (χ2v) is 8.99. The van der Waals surface area contributed by atoms with Crippen molar-refractivity contribution in [1.82, 2.24) is 30.0 Å². The molecule has 5 heterocycles. The van der Waals surface area contributed by atoms with Crippen LogP contribution < -0.4 is 10.6 Å². The SMILES string of the molecule is Cc1cc(Nc2nc(NC3C[C@H]4CCC[C@@H](C3)N4CCC#N)nc3scnc23)n[nH]1. The summed E-state index contributed by atoms with van der Waals surface area (Å²) in [5, 5.41) is 23.0. The van der Waals surface area contributed by atoms with Crippen molar-refractivity contribution in [1.29, 1.82) is 5.26 Å². The molecule has 2 fully saturated rings. The molecule has 2 bridgehead atoms. The highest BCUT2D eigenvalue weighted by atomic mass is 32.1. The van der Waals surface area contributed by atoms with E-state index in [4.69, 9.17) is 15.2 Å². The molecule has 2 aliphatic heterocycles. The predicted molar refractivity (Wildman–Crippen MR) is 117 cm³/mol. The molecule has 3 aromatic rings. The maximum absolute atomic E-state index is 8.99. The van der Waals surface area contributed by atoms with Crippen LogP contribution in [0.4, 0.5) is 17.6 Å². The molecule has 0 radical (unpaired) electrons. The Labute approximate surface area is 178 Å². The Morgan fingerprint density at radius 3 is 2.87 bits per heavy atom. The van der Waals surface area contributed by atoms with Crippen LogP contribution in [-0.2, 0) is 0 Å². The zero-order valence-electron chi connectivity index (χ0n) is 16.9. The second kappa shape index (κ2) is 8.16. The molecule has 156 valence electrons. The van der Waals surface area contributed by atoms with Gasteiger partial charge >= 0.3 is 0 Å². The van der Waals surface area contributed by atoms with Crippen LogP contribution in [0.5, 0.6) is 0 Å². The van der Waals surface area contributed by atoms with Crippen molar-refractivity contribution >= 4 is 39.3 Å². The van der Waals surface area contributed by atoms with Crippen molar-refractivity contribution in [2.75, 3.05) is 17.2 Å². The number of nitrogens with zero attached hydrogens (tertiary/aromatic N) is 6. The highest BCUT2D eigenvalue weighted by Gasteiger charge is 2.38. The van der Waals surface area contributed by atoms with Crippen LogP contribution in [0.3, 0.4) is 0 Å². The highest BCUT2D eigenvalue weighted by molar-refractivity contribution is 7.16. The Bertz CT molecular complexity index is 1050. The fourth-order valence-corrected chi connectivity index (χ4v) is 5.50. The van der Waals surface area contributed by atoms with Crippen molar-refractivity contribution in [2.24, 2.45) is 0 Å². The summed E-state index contributed by atoms with van der Waals surface area (Å²) in [4.78, 5) is 17.3. The van der Waals surface area contributed by atoms with E-state index in [1.165, 1.54) is 30.6 Å². The highest BCUT2D eigenvalue weighted by Crippen LogP contribution is 2.35. The van der Waals surface area contributed by atoms with E-state index >= 15 is 0 Å². The van der Waals surface area contributed by atoms with Gasteiger partial charge in [-0.3, -0.25) is 10.00 Å². The maximum atomic E-state index is 8.99. The number of thiazole rings is 1. The van der Waals surface area contributed by atoms with E-state index in [1.54, 1.807) is 5.51 Å². The molecule has 5 rings (SSSR count). The van der Waals surface area contributed by atoms with Crippen LogP contribution in [0.1, 0.15) is 44.2 Å². The van der Waals surface area contributed by atoms with Crippen molar-refractivity contribution in [3.05, 3.63) is 17.3 Å². The average Bonchev–Trinajstić information content (AvgIpc) is 3.35. The first-order valence-corrected chi connectivity index (χ1v) is 11.4. The maximum Gasteiger partial charge on any atom is 0.226 e. The number of aryl methyl sites for hydroxylation is 1. The van der Waals surface area contributed by atoms with Crippen LogP contribution in [0.15, 0.2) is 11.6 Å². The standard InChI is InChI=1S/C20H25N9S/c1-12-8-16(28-27-12)24-18-17-19(30-11-22-17)26-20(25-18)23-13-9-14-4-2-5-15(10-13)29(14)7-3-6-21/h8,11,13-15H,2-5,7,9-10H2,1H3,(H3,23,24,25,26,27,28)/t13?,14-,15+. The summed E-state index contributed by atoms with van der Waals surface area (Å²) in [5.74, 6) is 2.02. The van der Waals surface area contributed by atoms with Crippen molar-refractivity contribution in [3.63, 3.8) is 0 Å². The van der Waals surface area contributed by atoms with Gasteiger partial charge in [-0.1, -0.05) is 6.42 Å². The summed E-state index contributed by atoms with van der Waals surface area (Å²) in [5.41, 5.74) is 3.53. The number of nitriles is 1. The number of fused-ring (bicyclic) bond motifs is 3. The van der Waals surface area contributed by atoms with Crippen LogP contribution >= 0.6 is 11.3 Å². The number of nitrogens with one attached hydrogen (secondary N) is 3. The van der Waals surface area contributed by atoms with Gasteiger partial charge < -0.3 is 10.6 Å². The van der Waals surface area contributed by atoms with E-state index in [1.807, 2.05) is 13.0 Å². The number of hydrogen-bond acceptors (Lipinski definition) is 9. The summed E-state index contributed by atoms with van der Waals surface area (Å²) in [6, 6.07) is 5.66. The molecule has 0 saturated carbocycles. The van der Waals surface area contributed by atoms with E-state index in [0.29, 0.717) is 42.1 Å². The zero-order chi connectivity index (χ0) is 20.5. The summed E-state index contributed by atoms with van der Waals surface area (Å²) in [7, 11) is 0. The molecule has 9 nitrogen and oxygen atoms in total. The van der Waals surface area contributed by atoms with Gasteiger partial charge in [0.05, 0.1) is 11.6 Å². The molecule has 10 heteroatoms. The molecule has 3 N–H and O–H groups in total. The lowest BCUT2D eigenvalue weighted by Gasteiger charge is -2.48. The van der Waals surface area contributed by atoms with Crippen molar-refractivity contribution in [3.8, 4) is 6.07 Å². The first kappa shape index (κ1) is 19.2. The Kier molecular flexibility index (Phi) is 5.23. The van der Waals surface area contributed by atoms with Gasteiger partial charge in [-0.25, -0.2) is 9.97 Å². The number of rotatable bonds is 6. The van der Waals surface area contributed by atoms with Crippen LogP contribution in [-0.4, -0.2) is 54.7 Å². The average molecular weight is 424 g/mol. The summed E-state index contributed by atoms with van der Waals surface area (Å²) < 4.78 is 0. The fourth-order valence-electron chi connectivity index (χ4n) is 4.84. The van der Waals surface area contributed by atoms with Gasteiger partial charge in [-0.15, -0.1) is 11.3 Å². The van der Waals surface area contributed by atoms with Gasteiger partial charge in [0.2, 0.25) is 5.95 Å². The van der Waals surface area contributed by atoms with Gasteiger partial charge in [0.25, 0.3) is 0 Å². The summed E-state index contributed by atoms with van der Waals surface area (Å²) in [6.45, 7) is 2.85. The smallest absolute Gasteiger partial charge is 0.226 e. The third-order valence-electron chi connectivity index (χ3n) is 6.09. The van der Waals surface area contributed by atoms with E-state index in [0.717, 1.165) is 35.4 Å². The topological polar surface area (TPSA) is 118 Å². The van der Waals surface area contributed by atoms with Crippen LogP contribution in [0, 0.1) is 18.3 Å². The van der Waals surface area contributed by atoms with E-state index in [9.17, 15) is 0 Å². The lowest BCUT2D eigenvalue weighted by molar-refractivity contribution is 0.0369. The Balaban J connectivity index is 1.35. The van der Waals surface area contributed by atoms with E-state index in [2.05, 4.69) is 36.8 Å². The van der Waals surface area contributed by atoms with Crippen molar-refractivity contribution in [2.45, 2.75) is 63.6 Å². The lowest BCUT2D eigenvalue weighted by atomic mass is 9.81. The minimum Gasteiger partial charge on any atom is -0.351 e. The molecular formula is C20H25N9S. The third-order valence-corrected chi connectivity index (χ3v) is 6.81. The monoisotopic (exact) mass is 423 g/mol. The Hall–Kier alpha value is -2.77. The van der Waals surface area contributed by atoms with Gasteiger partial charge in [0, 0.05) is 42.9 Å². The second-order valence-electron chi connectivity index (χ2n) is 8.16. The van der Waals surface area contributed by atoms with E-state index in [-0.39, 0.29) is 0 Å². The zero-order valence-corrected chi connectivity index (χ0v) is 17.7. The number of aromatic nitrogens is 5. The molecule has 3 aromatic heterocycles. The Morgan fingerprint density at radius 2 is 2.13 bits per heavy atom. The molecular weight excluding hydrogens is 398 g/mol. The van der Waals surface area contributed by atoms with Gasteiger partial charge in [0.1, 0.15) is 5.52 Å². The van der Waals surface area contributed by atoms with Crippen LogP contribution in [0.25, 0.3) is 10.3 Å². The normalized spacial score (nSPS) is 23.9. The first-order chi connectivity index (χ1) is 14.7. The van der Waals surface area contributed by atoms with Gasteiger partial charge in [-0.05, 0) is 32.6 Å². The first-order valence-electron chi connectivity index (χ1n) is 10.5. The fraction of sp³-hybridized carbons (Fsp3) is 0.550. The van der Waals surface area contributed by atoms with Gasteiger partial charge in [0.15, 0.2) is 16.5 Å². The summed E-state index contributed by atoms with van der Waals surface area (Å²) >= 11 is 1.51. The number of anilines is 3. The molecule has 0 aliphatic carbocycles. The predicted octanol–water partition coefficient (Wildman–Crippen LogP) is 3.57. The Morgan fingerprint density at radius 1 is 1.30 bits per heavy atom. The lowest BCUT2D eigenvalue weighted by Crippen LogP contribution is -2.55.